The van der Waals surface area contributed by atoms with Gasteiger partial charge in [-0.15, -0.1) is 0 Å². The topological polar surface area (TPSA) is 39.7 Å². The number of nitrogens with one attached hydrogen (secondary N) is 2. The minimum absolute atomic E-state index is 0.410. The van der Waals surface area contributed by atoms with Crippen LogP contribution < -0.4 is 10.6 Å². The fourth-order valence-corrected chi connectivity index (χ4v) is 4.50. The van der Waals surface area contributed by atoms with Gasteiger partial charge in [0.25, 0.3) is 0 Å². The van der Waals surface area contributed by atoms with Crippen molar-refractivity contribution in [2.75, 3.05) is 26.7 Å². The fraction of sp³-hybridized carbons (Fsp3) is 0.682. The van der Waals surface area contributed by atoms with E-state index >= 15 is 0 Å². The Morgan fingerprint density at radius 1 is 1.07 bits per heavy atom. The van der Waals surface area contributed by atoms with Gasteiger partial charge in [0.05, 0.1) is 0 Å². The largest absolute Gasteiger partial charge is 0.356 e. The number of benzene rings is 1. The summed E-state index contributed by atoms with van der Waals surface area (Å²) in [6.45, 7) is 3.60. The first-order chi connectivity index (χ1) is 13.6. The number of aliphatic imine (C=N–C) groups is 1. The molecular formula is C22H32F2N4. The molecule has 6 heteroatoms. The quantitative estimate of drug-likeness (QED) is 0.553. The third kappa shape index (κ3) is 5.22. The number of piperidine rings is 1. The Morgan fingerprint density at radius 3 is 2.32 bits per heavy atom. The van der Waals surface area contributed by atoms with E-state index in [2.05, 4.69) is 20.5 Å². The van der Waals surface area contributed by atoms with Crippen LogP contribution in [0.2, 0.25) is 0 Å². The summed E-state index contributed by atoms with van der Waals surface area (Å²) >= 11 is 0. The normalized spacial score (nSPS) is 21.9. The number of guanidine groups is 1. The maximum atomic E-state index is 13.4. The van der Waals surface area contributed by atoms with Crippen LogP contribution in [-0.2, 0) is 6.54 Å². The van der Waals surface area contributed by atoms with Crippen LogP contribution in [0.1, 0.15) is 44.1 Å². The summed E-state index contributed by atoms with van der Waals surface area (Å²) < 4.78 is 26.5. The fourth-order valence-electron chi connectivity index (χ4n) is 4.50. The summed E-state index contributed by atoms with van der Waals surface area (Å²) in [7, 11) is 1.84. The van der Waals surface area contributed by atoms with Crippen molar-refractivity contribution < 1.29 is 8.78 Å². The zero-order valence-corrected chi connectivity index (χ0v) is 16.8. The lowest BCUT2D eigenvalue weighted by molar-refractivity contribution is 0.198. The highest BCUT2D eigenvalue weighted by Gasteiger charge is 2.41. The average molecular weight is 391 g/mol. The Bertz CT molecular complexity index is 680. The lowest BCUT2D eigenvalue weighted by Crippen LogP contribution is -2.49. The number of hydrogen-bond acceptors (Lipinski definition) is 2. The minimum atomic E-state index is -0.781. The van der Waals surface area contributed by atoms with Crippen molar-refractivity contribution in [3.05, 3.63) is 35.4 Å². The summed E-state index contributed by atoms with van der Waals surface area (Å²) in [4.78, 5) is 6.72. The van der Waals surface area contributed by atoms with E-state index in [0.717, 1.165) is 61.8 Å². The van der Waals surface area contributed by atoms with E-state index in [-0.39, 0.29) is 0 Å². The van der Waals surface area contributed by atoms with Gasteiger partial charge in [-0.1, -0.05) is 6.07 Å². The van der Waals surface area contributed by atoms with Gasteiger partial charge < -0.3 is 10.6 Å². The van der Waals surface area contributed by atoms with Crippen LogP contribution in [0.4, 0.5) is 8.78 Å². The first kappa shape index (κ1) is 19.6. The maximum Gasteiger partial charge on any atom is 0.191 e. The minimum Gasteiger partial charge on any atom is -0.356 e. The molecule has 4 rings (SSSR count). The molecule has 4 nitrogen and oxygen atoms in total. The lowest BCUT2D eigenvalue weighted by Gasteiger charge is -2.33. The summed E-state index contributed by atoms with van der Waals surface area (Å²) in [6, 6.07) is 4.60. The third-order valence-corrected chi connectivity index (χ3v) is 6.50. The van der Waals surface area contributed by atoms with Crippen LogP contribution in [0.25, 0.3) is 0 Å². The van der Waals surface area contributed by atoms with Crippen molar-refractivity contribution in [1.29, 1.82) is 0 Å². The molecule has 1 aliphatic heterocycles. The van der Waals surface area contributed by atoms with Crippen molar-refractivity contribution in [3.63, 3.8) is 0 Å². The predicted octanol–water partition coefficient (Wildman–Crippen LogP) is 3.53. The average Bonchev–Trinajstić information content (AvgIpc) is 3.60. The molecule has 0 unspecified atom stereocenters. The molecule has 2 N–H and O–H groups in total. The second kappa shape index (κ2) is 8.76. The van der Waals surface area contributed by atoms with E-state index in [4.69, 9.17) is 0 Å². The maximum absolute atomic E-state index is 13.4. The number of hydrogen-bond donors (Lipinski definition) is 2. The second-order valence-electron chi connectivity index (χ2n) is 8.74. The predicted molar refractivity (Wildman–Crippen MR) is 108 cm³/mol. The van der Waals surface area contributed by atoms with Gasteiger partial charge in [0.15, 0.2) is 17.6 Å². The van der Waals surface area contributed by atoms with Crippen molar-refractivity contribution in [2.24, 2.45) is 22.7 Å². The smallest absolute Gasteiger partial charge is 0.191 e. The summed E-state index contributed by atoms with van der Waals surface area (Å²) in [5.41, 5.74) is 0.828. The second-order valence-corrected chi connectivity index (χ2v) is 8.74. The van der Waals surface area contributed by atoms with E-state index in [1.165, 1.54) is 37.8 Å². The van der Waals surface area contributed by atoms with E-state index in [1.807, 2.05) is 7.05 Å². The Balaban J connectivity index is 1.20. The van der Waals surface area contributed by atoms with Crippen LogP contribution in [0.3, 0.4) is 0 Å². The van der Waals surface area contributed by atoms with Gasteiger partial charge in [-0.25, -0.2) is 8.78 Å². The van der Waals surface area contributed by atoms with Gasteiger partial charge in [-0.3, -0.25) is 9.89 Å². The molecular weight excluding hydrogens is 358 g/mol. The van der Waals surface area contributed by atoms with Crippen LogP contribution in [-0.4, -0.2) is 43.6 Å². The molecule has 1 aromatic carbocycles. The Hall–Kier alpha value is -1.69. The van der Waals surface area contributed by atoms with Crippen molar-refractivity contribution >= 4 is 5.96 Å². The third-order valence-electron chi connectivity index (χ3n) is 6.50. The van der Waals surface area contributed by atoms with Crippen LogP contribution >= 0.6 is 0 Å². The molecule has 154 valence electrons. The van der Waals surface area contributed by atoms with Crippen LogP contribution in [0, 0.1) is 29.4 Å². The van der Waals surface area contributed by atoms with Gasteiger partial charge >= 0.3 is 0 Å². The molecule has 3 fully saturated rings. The molecule has 0 amide bonds. The summed E-state index contributed by atoms with van der Waals surface area (Å²) in [5, 5.41) is 7.15. The number of rotatable bonds is 7. The molecule has 2 saturated carbocycles. The highest BCUT2D eigenvalue weighted by molar-refractivity contribution is 5.80. The SMILES string of the molecule is CN=C(NCC(C1CC1)C1CC1)NC1CCN(Cc2ccc(F)c(F)c2)CC1. The van der Waals surface area contributed by atoms with E-state index in [9.17, 15) is 8.78 Å². The Morgan fingerprint density at radius 2 is 1.75 bits per heavy atom. The van der Waals surface area contributed by atoms with E-state index in [1.54, 1.807) is 6.07 Å². The Kier molecular flexibility index (Phi) is 6.14. The standard InChI is InChI=1S/C22H32F2N4/c1-25-22(26-13-19(16-3-4-16)17-5-6-17)27-18-8-10-28(11-9-18)14-15-2-7-20(23)21(24)12-15/h2,7,12,16-19H,3-6,8-11,13-14H2,1H3,(H2,25,26,27). The van der Waals surface area contributed by atoms with E-state index in [0.29, 0.717) is 12.6 Å². The van der Waals surface area contributed by atoms with Crippen molar-refractivity contribution in [2.45, 2.75) is 51.1 Å². The highest BCUT2D eigenvalue weighted by Crippen LogP contribution is 2.48. The molecule has 0 aromatic heterocycles. The summed E-state index contributed by atoms with van der Waals surface area (Å²) in [5.74, 6) is 2.09. The first-order valence-corrected chi connectivity index (χ1v) is 10.8. The van der Waals surface area contributed by atoms with Crippen LogP contribution in [0.15, 0.2) is 23.2 Å². The summed E-state index contributed by atoms with van der Waals surface area (Å²) in [6.07, 6.45) is 7.69. The molecule has 0 radical (unpaired) electrons. The molecule has 2 aliphatic carbocycles. The number of likely N-dealkylation sites (tertiary alicyclic amines) is 1. The molecule has 1 aromatic rings. The lowest BCUT2D eigenvalue weighted by atomic mass is 9.98. The zero-order chi connectivity index (χ0) is 19.5. The monoisotopic (exact) mass is 390 g/mol. The van der Waals surface area contributed by atoms with Crippen LogP contribution in [0.5, 0.6) is 0 Å². The van der Waals surface area contributed by atoms with Gasteiger partial charge in [-0.05, 0) is 74.0 Å². The van der Waals surface area contributed by atoms with Crippen molar-refractivity contribution in [3.8, 4) is 0 Å². The highest BCUT2D eigenvalue weighted by atomic mass is 19.2. The number of nitrogens with zero attached hydrogens (tertiary/aromatic N) is 2. The molecule has 0 bridgehead atoms. The van der Waals surface area contributed by atoms with Gasteiger partial charge in [0.2, 0.25) is 0 Å². The van der Waals surface area contributed by atoms with Gasteiger partial charge in [0, 0.05) is 39.3 Å². The molecule has 1 heterocycles. The van der Waals surface area contributed by atoms with Gasteiger partial charge in [0.1, 0.15) is 0 Å². The molecule has 3 aliphatic rings. The van der Waals surface area contributed by atoms with E-state index < -0.39 is 11.6 Å². The Labute approximate surface area is 166 Å². The molecule has 0 atom stereocenters. The van der Waals surface area contributed by atoms with Gasteiger partial charge in [-0.2, -0.15) is 0 Å². The molecule has 28 heavy (non-hydrogen) atoms. The number of halogens is 2. The van der Waals surface area contributed by atoms with Crippen molar-refractivity contribution in [1.82, 2.24) is 15.5 Å². The molecule has 1 saturated heterocycles. The zero-order valence-electron chi connectivity index (χ0n) is 16.8. The first-order valence-electron chi connectivity index (χ1n) is 10.8. The molecule has 0 spiro atoms.